The Labute approximate surface area is 110 Å². The Morgan fingerprint density at radius 3 is 2.83 bits per heavy atom. The zero-order valence-electron chi connectivity index (χ0n) is 11.9. The molecule has 4 nitrogen and oxygen atoms in total. The molecule has 18 heavy (non-hydrogen) atoms. The summed E-state index contributed by atoms with van der Waals surface area (Å²) in [5.41, 5.74) is 0. The van der Waals surface area contributed by atoms with Gasteiger partial charge in [-0.15, -0.1) is 0 Å². The quantitative estimate of drug-likeness (QED) is 0.893. The molecule has 1 aromatic rings. The van der Waals surface area contributed by atoms with E-state index in [0.717, 1.165) is 36.5 Å². The summed E-state index contributed by atoms with van der Waals surface area (Å²) in [6, 6.07) is 2.64. The Morgan fingerprint density at radius 2 is 2.17 bits per heavy atom. The summed E-state index contributed by atoms with van der Waals surface area (Å²) in [5.74, 6) is 3.67. The molecule has 2 heterocycles. The van der Waals surface area contributed by atoms with Gasteiger partial charge in [0.15, 0.2) is 0 Å². The minimum absolute atomic E-state index is 0.567. The molecule has 0 aromatic carbocycles. The Morgan fingerprint density at radius 1 is 1.39 bits per heavy atom. The van der Waals surface area contributed by atoms with Gasteiger partial charge in [-0.1, -0.05) is 6.92 Å². The van der Waals surface area contributed by atoms with Crippen molar-refractivity contribution in [3.8, 4) is 0 Å². The first-order valence-corrected chi connectivity index (χ1v) is 6.96. The summed E-state index contributed by atoms with van der Waals surface area (Å²) < 4.78 is 0. The van der Waals surface area contributed by atoms with E-state index in [1.165, 1.54) is 12.8 Å². The maximum Gasteiger partial charge on any atom is 0.134 e. The molecule has 0 saturated carbocycles. The van der Waals surface area contributed by atoms with Crippen LogP contribution in [0.15, 0.2) is 6.07 Å². The fourth-order valence-corrected chi connectivity index (χ4v) is 2.72. The SMILES string of the molecule is CCNc1cc(N2CCC(C)CC2C)nc(C)n1. The topological polar surface area (TPSA) is 41.0 Å². The standard InChI is InChI=1S/C14H24N4/c1-5-15-13-9-14(17-12(4)16-13)18-7-6-10(2)8-11(18)3/h9-11H,5-8H2,1-4H3,(H,15,16,17). The van der Waals surface area contributed by atoms with E-state index < -0.39 is 0 Å². The first-order valence-electron chi connectivity index (χ1n) is 6.96. The highest BCUT2D eigenvalue weighted by Gasteiger charge is 2.24. The van der Waals surface area contributed by atoms with Crippen LogP contribution < -0.4 is 10.2 Å². The third-order valence-electron chi connectivity index (χ3n) is 3.61. The van der Waals surface area contributed by atoms with E-state index in [0.29, 0.717) is 6.04 Å². The summed E-state index contributed by atoms with van der Waals surface area (Å²) in [4.78, 5) is 11.4. The first kappa shape index (κ1) is 13.1. The van der Waals surface area contributed by atoms with Gasteiger partial charge in [-0.3, -0.25) is 0 Å². The Bertz CT molecular complexity index is 405. The van der Waals surface area contributed by atoms with Crippen LogP contribution in [-0.2, 0) is 0 Å². The number of nitrogens with zero attached hydrogens (tertiary/aromatic N) is 3. The maximum atomic E-state index is 4.59. The van der Waals surface area contributed by atoms with E-state index in [-0.39, 0.29) is 0 Å². The number of piperidine rings is 1. The minimum Gasteiger partial charge on any atom is -0.370 e. The van der Waals surface area contributed by atoms with Crippen molar-refractivity contribution >= 4 is 11.6 Å². The lowest BCUT2D eigenvalue weighted by Crippen LogP contribution is -2.40. The summed E-state index contributed by atoms with van der Waals surface area (Å²) in [6.07, 6.45) is 2.50. The second-order valence-electron chi connectivity index (χ2n) is 5.36. The van der Waals surface area contributed by atoms with Gasteiger partial charge in [0.25, 0.3) is 0 Å². The van der Waals surface area contributed by atoms with E-state index in [1.54, 1.807) is 0 Å². The highest BCUT2D eigenvalue weighted by atomic mass is 15.2. The number of rotatable bonds is 3. The van der Waals surface area contributed by atoms with Gasteiger partial charge in [0.2, 0.25) is 0 Å². The van der Waals surface area contributed by atoms with Crippen molar-refractivity contribution in [2.75, 3.05) is 23.3 Å². The molecule has 0 aliphatic carbocycles. The van der Waals surface area contributed by atoms with Crippen molar-refractivity contribution in [1.29, 1.82) is 0 Å². The predicted molar refractivity (Wildman–Crippen MR) is 76.1 cm³/mol. The third kappa shape index (κ3) is 2.92. The minimum atomic E-state index is 0.567. The molecular weight excluding hydrogens is 224 g/mol. The van der Waals surface area contributed by atoms with Gasteiger partial charge in [-0.05, 0) is 39.5 Å². The molecule has 0 radical (unpaired) electrons. The lowest BCUT2D eigenvalue weighted by atomic mass is 9.93. The van der Waals surface area contributed by atoms with Gasteiger partial charge in [0, 0.05) is 25.2 Å². The molecule has 1 aliphatic heterocycles. The highest BCUT2D eigenvalue weighted by molar-refractivity contribution is 5.50. The number of anilines is 2. The largest absolute Gasteiger partial charge is 0.370 e. The van der Waals surface area contributed by atoms with Crippen LogP contribution in [0, 0.1) is 12.8 Å². The van der Waals surface area contributed by atoms with Crippen LogP contribution in [0.3, 0.4) is 0 Å². The van der Waals surface area contributed by atoms with E-state index in [9.17, 15) is 0 Å². The van der Waals surface area contributed by atoms with Crippen LogP contribution in [0.4, 0.5) is 11.6 Å². The van der Waals surface area contributed by atoms with Gasteiger partial charge in [-0.25, -0.2) is 9.97 Å². The number of nitrogens with one attached hydrogen (secondary N) is 1. The molecular formula is C14H24N4. The Balaban J connectivity index is 2.21. The van der Waals surface area contributed by atoms with E-state index in [2.05, 4.69) is 47.0 Å². The lowest BCUT2D eigenvalue weighted by molar-refractivity contribution is 0.376. The first-order chi connectivity index (χ1) is 8.60. The number of aromatic nitrogens is 2. The molecule has 0 spiro atoms. The third-order valence-corrected chi connectivity index (χ3v) is 3.61. The van der Waals surface area contributed by atoms with Crippen molar-refractivity contribution in [2.45, 2.75) is 46.6 Å². The van der Waals surface area contributed by atoms with Crippen molar-refractivity contribution in [3.63, 3.8) is 0 Å². The average molecular weight is 248 g/mol. The van der Waals surface area contributed by atoms with Crippen LogP contribution in [0.2, 0.25) is 0 Å². The molecule has 1 saturated heterocycles. The van der Waals surface area contributed by atoms with Gasteiger partial charge in [0.1, 0.15) is 17.5 Å². The Kier molecular flexibility index (Phi) is 4.04. The highest BCUT2D eigenvalue weighted by Crippen LogP contribution is 2.27. The zero-order chi connectivity index (χ0) is 13.1. The van der Waals surface area contributed by atoms with E-state index in [4.69, 9.17) is 0 Å². The normalized spacial score (nSPS) is 24.1. The number of hydrogen-bond acceptors (Lipinski definition) is 4. The fourth-order valence-electron chi connectivity index (χ4n) is 2.72. The van der Waals surface area contributed by atoms with Gasteiger partial charge >= 0.3 is 0 Å². The van der Waals surface area contributed by atoms with Crippen molar-refractivity contribution < 1.29 is 0 Å². The van der Waals surface area contributed by atoms with Crippen LogP contribution >= 0.6 is 0 Å². The number of aryl methyl sites for hydroxylation is 1. The molecule has 0 amide bonds. The molecule has 2 rings (SSSR count). The van der Waals surface area contributed by atoms with Crippen LogP contribution in [-0.4, -0.2) is 29.1 Å². The fraction of sp³-hybridized carbons (Fsp3) is 0.714. The van der Waals surface area contributed by atoms with E-state index in [1.807, 2.05) is 6.92 Å². The molecule has 1 aromatic heterocycles. The molecule has 1 N–H and O–H groups in total. The summed E-state index contributed by atoms with van der Waals surface area (Å²) >= 11 is 0. The van der Waals surface area contributed by atoms with Crippen LogP contribution in [0.25, 0.3) is 0 Å². The summed E-state index contributed by atoms with van der Waals surface area (Å²) in [7, 11) is 0. The molecule has 4 heteroatoms. The molecule has 1 aliphatic rings. The van der Waals surface area contributed by atoms with Gasteiger partial charge < -0.3 is 10.2 Å². The summed E-state index contributed by atoms with van der Waals surface area (Å²) in [5, 5.41) is 3.27. The second-order valence-corrected chi connectivity index (χ2v) is 5.36. The molecule has 100 valence electrons. The smallest absolute Gasteiger partial charge is 0.134 e. The Hall–Kier alpha value is -1.32. The second kappa shape index (κ2) is 5.55. The maximum absolute atomic E-state index is 4.59. The number of hydrogen-bond donors (Lipinski definition) is 1. The predicted octanol–water partition coefficient (Wildman–Crippen LogP) is 2.84. The monoisotopic (exact) mass is 248 g/mol. The van der Waals surface area contributed by atoms with Crippen molar-refractivity contribution in [2.24, 2.45) is 5.92 Å². The van der Waals surface area contributed by atoms with E-state index >= 15 is 0 Å². The van der Waals surface area contributed by atoms with Crippen molar-refractivity contribution in [3.05, 3.63) is 11.9 Å². The van der Waals surface area contributed by atoms with Crippen LogP contribution in [0.5, 0.6) is 0 Å². The van der Waals surface area contributed by atoms with Crippen molar-refractivity contribution in [1.82, 2.24) is 9.97 Å². The van der Waals surface area contributed by atoms with Crippen LogP contribution in [0.1, 0.15) is 39.4 Å². The molecule has 1 fully saturated rings. The average Bonchev–Trinajstić information content (AvgIpc) is 2.28. The summed E-state index contributed by atoms with van der Waals surface area (Å²) in [6.45, 7) is 10.7. The molecule has 0 bridgehead atoms. The van der Waals surface area contributed by atoms with Gasteiger partial charge in [-0.2, -0.15) is 0 Å². The zero-order valence-corrected chi connectivity index (χ0v) is 11.9. The molecule has 2 atom stereocenters. The lowest BCUT2D eigenvalue weighted by Gasteiger charge is -2.37. The molecule has 2 unspecified atom stereocenters. The van der Waals surface area contributed by atoms with Gasteiger partial charge in [0.05, 0.1) is 0 Å².